The van der Waals surface area contributed by atoms with Gasteiger partial charge < -0.3 is 0 Å². The largest absolute Gasteiger partial charge is 0.389 e. The van der Waals surface area contributed by atoms with E-state index in [-0.39, 0.29) is 51.4 Å². The van der Waals surface area contributed by atoms with Crippen molar-refractivity contribution in [3.63, 3.8) is 0 Å². The van der Waals surface area contributed by atoms with Gasteiger partial charge in [-0.05, 0) is 6.42 Å². The molecule has 1 N–H and O–H groups in total. The minimum Gasteiger partial charge on any atom is -0.286 e. The number of hydrogen-bond acceptors (Lipinski definition) is 2. The molecule has 0 atom stereocenters. The van der Waals surface area contributed by atoms with Crippen molar-refractivity contribution in [1.29, 1.82) is 0 Å². The van der Waals surface area contributed by atoms with Crippen LogP contribution in [0.25, 0.3) is 0 Å². The second kappa shape index (κ2) is 5.94. The molecule has 0 aliphatic heterocycles. The summed E-state index contributed by atoms with van der Waals surface area (Å²) in [5, 5.41) is 0. The third-order valence-electron chi connectivity index (χ3n) is 0.863. The van der Waals surface area contributed by atoms with Crippen molar-refractivity contribution in [2.24, 2.45) is 0 Å². The second-order valence-electron chi connectivity index (χ2n) is 2.00. The van der Waals surface area contributed by atoms with Crippen LogP contribution in [-0.4, -0.2) is 76.3 Å². The predicted molar refractivity (Wildman–Crippen MR) is 37.5 cm³/mol. The van der Waals surface area contributed by atoms with Gasteiger partial charge in [0, 0.05) is 57.8 Å². The monoisotopic (exact) mass is 231 g/mol. The summed E-state index contributed by atoms with van der Waals surface area (Å²) < 4.78 is 61.9. The first-order valence-corrected chi connectivity index (χ1v) is 4.33. The minimum absolute atomic E-state index is 0. The third-order valence-corrected chi connectivity index (χ3v) is 1.67. The predicted octanol–water partition coefficient (Wildman–Crippen LogP) is 0.836. The van der Waals surface area contributed by atoms with E-state index >= 15 is 0 Å². The Morgan fingerprint density at radius 2 is 1.67 bits per heavy atom. The van der Waals surface area contributed by atoms with Gasteiger partial charge in [-0.1, -0.05) is 0 Å². The molecule has 0 aromatic heterocycles. The molecule has 0 saturated heterocycles. The summed E-state index contributed by atoms with van der Waals surface area (Å²) in [4.78, 5) is 0. The van der Waals surface area contributed by atoms with Gasteiger partial charge in [0.05, 0.1) is 5.75 Å². The molecule has 0 aromatic rings. The van der Waals surface area contributed by atoms with Gasteiger partial charge in [0.15, 0.2) is 0 Å². The van der Waals surface area contributed by atoms with Crippen LogP contribution in [0, 0.1) is 0 Å². The molecule has 0 fully saturated rings. The maximum absolute atomic E-state index is 11.4. The third kappa shape index (κ3) is 13.9. The van der Waals surface area contributed by atoms with Gasteiger partial charge in [0.2, 0.25) is 0 Å². The maximum atomic E-state index is 11.4. The van der Waals surface area contributed by atoms with E-state index in [4.69, 9.17) is 4.55 Å². The molecular formula is C4H7F3KO3S. The van der Waals surface area contributed by atoms with Gasteiger partial charge in [-0.2, -0.15) is 21.6 Å². The van der Waals surface area contributed by atoms with Crippen LogP contribution in [-0.2, 0) is 10.1 Å². The Morgan fingerprint density at radius 1 is 1.25 bits per heavy atom. The van der Waals surface area contributed by atoms with Crippen LogP contribution >= 0.6 is 0 Å². The Hall–Kier alpha value is 1.34. The van der Waals surface area contributed by atoms with E-state index in [0.29, 0.717) is 0 Å². The normalized spacial score (nSPS) is 12.3. The molecule has 8 heteroatoms. The van der Waals surface area contributed by atoms with Crippen LogP contribution in [0.15, 0.2) is 0 Å². The number of alkyl halides is 3. The molecule has 0 amide bonds. The summed E-state index contributed by atoms with van der Waals surface area (Å²) in [6.45, 7) is 0. The molecule has 0 bridgehead atoms. The van der Waals surface area contributed by atoms with Crippen molar-refractivity contribution in [2.75, 3.05) is 5.75 Å². The summed E-state index contributed by atoms with van der Waals surface area (Å²) in [6, 6.07) is 0. The van der Waals surface area contributed by atoms with Gasteiger partial charge in [-0.15, -0.1) is 0 Å². The van der Waals surface area contributed by atoms with Gasteiger partial charge in [0.25, 0.3) is 10.1 Å². The van der Waals surface area contributed by atoms with E-state index in [0.717, 1.165) is 0 Å². The maximum Gasteiger partial charge on any atom is 0.389 e. The smallest absolute Gasteiger partial charge is 0.286 e. The van der Waals surface area contributed by atoms with Crippen LogP contribution in [0.4, 0.5) is 13.2 Å². The zero-order valence-corrected chi connectivity index (χ0v) is 10.4. The van der Waals surface area contributed by atoms with Crippen molar-refractivity contribution in [2.45, 2.75) is 19.0 Å². The molecule has 0 aromatic carbocycles. The van der Waals surface area contributed by atoms with Crippen molar-refractivity contribution >= 4 is 61.5 Å². The van der Waals surface area contributed by atoms with Crippen LogP contribution in [0.3, 0.4) is 0 Å². The minimum atomic E-state index is -4.36. The van der Waals surface area contributed by atoms with Gasteiger partial charge in [0.1, 0.15) is 0 Å². The van der Waals surface area contributed by atoms with E-state index < -0.39 is 34.9 Å². The summed E-state index contributed by atoms with van der Waals surface area (Å²) in [7, 11) is -4.25. The molecule has 3 nitrogen and oxygen atoms in total. The average molecular weight is 231 g/mol. The summed E-state index contributed by atoms with van der Waals surface area (Å²) >= 11 is 0. The molecular weight excluding hydrogens is 224 g/mol. The van der Waals surface area contributed by atoms with E-state index in [1.54, 1.807) is 0 Å². The molecule has 0 heterocycles. The quantitative estimate of drug-likeness (QED) is 0.578. The summed E-state index contributed by atoms with van der Waals surface area (Å²) in [6.07, 6.45) is -6.14. The molecule has 1 radical (unpaired) electrons. The zero-order chi connectivity index (χ0) is 9.12. The van der Waals surface area contributed by atoms with E-state index in [1.807, 2.05) is 0 Å². The SMILES string of the molecule is O=S(=O)(O)CCCC(F)(F)F.[K]. The summed E-state index contributed by atoms with van der Waals surface area (Å²) in [5.41, 5.74) is 0. The Balaban J connectivity index is 0. The average Bonchev–Trinajstić information content (AvgIpc) is 1.55. The fourth-order valence-corrected chi connectivity index (χ4v) is 0.964. The Morgan fingerprint density at radius 3 is 1.92 bits per heavy atom. The molecule has 69 valence electrons. The van der Waals surface area contributed by atoms with Crippen LogP contribution < -0.4 is 0 Å². The fraction of sp³-hybridized carbons (Fsp3) is 1.00. The van der Waals surface area contributed by atoms with Crippen LogP contribution in [0.1, 0.15) is 12.8 Å². The van der Waals surface area contributed by atoms with Crippen molar-refractivity contribution in [1.82, 2.24) is 0 Å². The van der Waals surface area contributed by atoms with Crippen LogP contribution in [0.2, 0.25) is 0 Å². The number of hydrogen-bond donors (Lipinski definition) is 1. The van der Waals surface area contributed by atoms with Crippen molar-refractivity contribution in [3.8, 4) is 0 Å². The summed E-state index contributed by atoms with van der Waals surface area (Å²) in [5.74, 6) is -0.841. The van der Waals surface area contributed by atoms with Gasteiger partial charge in [-0.25, -0.2) is 0 Å². The molecule has 0 aliphatic rings. The first kappa shape index (κ1) is 15.8. The molecule has 0 rings (SSSR count). The van der Waals surface area contributed by atoms with E-state index in [9.17, 15) is 21.6 Å². The fourth-order valence-electron chi connectivity index (χ4n) is 0.455. The Labute approximate surface area is 111 Å². The number of halogens is 3. The first-order chi connectivity index (χ1) is 4.71. The molecule has 0 aliphatic carbocycles. The molecule has 0 unspecified atom stereocenters. The second-order valence-corrected chi connectivity index (χ2v) is 3.58. The molecule has 12 heavy (non-hydrogen) atoms. The Kier molecular flexibility index (Phi) is 7.82. The van der Waals surface area contributed by atoms with Gasteiger partial charge in [-0.3, -0.25) is 4.55 Å². The molecule has 0 spiro atoms. The first-order valence-electron chi connectivity index (χ1n) is 2.73. The van der Waals surface area contributed by atoms with E-state index in [1.165, 1.54) is 0 Å². The van der Waals surface area contributed by atoms with Crippen molar-refractivity contribution in [3.05, 3.63) is 0 Å². The van der Waals surface area contributed by atoms with Gasteiger partial charge >= 0.3 is 6.18 Å². The molecule has 0 saturated carbocycles. The topological polar surface area (TPSA) is 54.4 Å². The van der Waals surface area contributed by atoms with Crippen LogP contribution in [0.5, 0.6) is 0 Å². The Bertz CT molecular complexity index is 210. The zero-order valence-electron chi connectivity index (χ0n) is 6.43. The van der Waals surface area contributed by atoms with Crippen molar-refractivity contribution < 1.29 is 26.1 Å². The van der Waals surface area contributed by atoms with E-state index in [2.05, 4.69) is 0 Å². The standard InChI is InChI=1S/C4H7F3O3S.K/c5-4(6,7)2-1-3-11(8,9)10;/h1-3H2,(H,8,9,10);. The number of rotatable bonds is 3.